The second-order valence-electron chi connectivity index (χ2n) is 7.38. The van der Waals surface area contributed by atoms with E-state index in [4.69, 9.17) is 0 Å². The summed E-state index contributed by atoms with van der Waals surface area (Å²) in [5.74, 6) is 0.750. The molecule has 2 aromatic heterocycles. The maximum absolute atomic E-state index is 12.6. The highest BCUT2D eigenvalue weighted by atomic mass is 127. The molecule has 0 spiro atoms. The topological polar surface area (TPSA) is 74.6 Å². The lowest BCUT2D eigenvalue weighted by Gasteiger charge is -2.27. The lowest BCUT2D eigenvalue weighted by molar-refractivity contribution is -0.130. The molecule has 1 amide bonds. The van der Waals surface area contributed by atoms with Gasteiger partial charge >= 0.3 is 0 Å². The molecule has 7 nitrogen and oxygen atoms in total. The number of amides is 1. The van der Waals surface area contributed by atoms with Crippen LogP contribution in [-0.2, 0) is 31.2 Å². The molecule has 2 aromatic rings. The van der Waals surface area contributed by atoms with Crippen molar-refractivity contribution in [2.45, 2.75) is 46.2 Å². The Balaban J connectivity index is 0.00000300. The van der Waals surface area contributed by atoms with Crippen LogP contribution in [0.4, 0.5) is 0 Å². The Labute approximate surface area is 194 Å². The third kappa shape index (κ3) is 5.71. The highest BCUT2D eigenvalue weighted by molar-refractivity contribution is 14.0. The van der Waals surface area contributed by atoms with Gasteiger partial charge in [0.1, 0.15) is 0 Å². The Hall–Kier alpha value is -1.62. The zero-order valence-corrected chi connectivity index (χ0v) is 20.9. The normalized spacial score (nSPS) is 14.8. The predicted octanol–water partition coefficient (Wildman–Crippen LogP) is 2.40. The van der Waals surface area contributed by atoms with Crippen molar-refractivity contribution in [1.82, 2.24) is 25.3 Å². The van der Waals surface area contributed by atoms with E-state index in [-0.39, 0.29) is 42.5 Å². The quantitative estimate of drug-likeness (QED) is 0.354. The van der Waals surface area contributed by atoms with E-state index in [0.29, 0.717) is 12.5 Å². The summed E-state index contributed by atoms with van der Waals surface area (Å²) < 4.78 is 1.92. The minimum atomic E-state index is 0. The maximum atomic E-state index is 12.6. The zero-order valence-electron chi connectivity index (χ0n) is 17.8. The van der Waals surface area contributed by atoms with E-state index in [9.17, 15) is 4.79 Å². The second kappa shape index (κ2) is 10.4. The van der Waals surface area contributed by atoms with Crippen LogP contribution < -0.4 is 10.6 Å². The van der Waals surface area contributed by atoms with Crippen LogP contribution in [0.15, 0.2) is 16.4 Å². The first-order valence-corrected chi connectivity index (χ1v) is 10.6. The molecule has 1 aliphatic heterocycles. The van der Waals surface area contributed by atoms with Crippen molar-refractivity contribution >= 4 is 47.2 Å². The first kappa shape index (κ1) is 23.7. The summed E-state index contributed by atoms with van der Waals surface area (Å²) in [7, 11) is 3.70. The number of carbonyl (C=O) groups excluding carboxylic acids is 1. The number of carbonyl (C=O) groups is 1. The van der Waals surface area contributed by atoms with Gasteiger partial charge in [0, 0.05) is 43.8 Å². The third-order valence-electron chi connectivity index (χ3n) is 5.34. The lowest BCUT2D eigenvalue weighted by Crippen LogP contribution is -2.48. The SMILES string of the molecule is CN=C(NCC(=O)N1CCc2sccc2C1)NC(C)Cc1c(C)nn(C)c1C.I. The van der Waals surface area contributed by atoms with Crippen molar-refractivity contribution in [2.75, 3.05) is 20.1 Å². The number of nitrogens with zero attached hydrogens (tertiary/aromatic N) is 4. The molecule has 29 heavy (non-hydrogen) atoms. The van der Waals surface area contributed by atoms with Crippen molar-refractivity contribution < 1.29 is 4.79 Å². The summed E-state index contributed by atoms with van der Waals surface area (Å²) in [5, 5.41) is 13.1. The van der Waals surface area contributed by atoms with Gasteiger partial charge in [-0.3, -0.25) is 14.5 Å². The standard InChI is InChI=1S/C20H30N6OS.HI/c1-13(10-17-14(2)24-25(5)15(17)3)23-20(21-4)22-11-19(27)26-8-6-18-16(12-26)7-9-28-18;/h7,9,13H,6,8,10-12H2,1-5H3,(H2,21,22,23);1H. The van der Waals surface area contributed by atoms with Gasteiger partial charge in [-0.15, -0.1) is 35.3 Å². The maximum Gasteiger partial charge on any atom is 0.242 e. The summed E-state index contributed by atoms with van der Waals surface area (Å²) in [6, 6.07) is 2.29. The van der Waals surface area contributed by atoms with Crippen LogP contribution in [0, 0.1) is 13.8 Å². The second-order valence-corrected chi connectivity index (χ2v) is 8.38. The highest BCUT2D eigenvalue weighted by Gasteiger charge is 2.21. The molecule has 0 aliphatic carbocycles. The van der Waals surface area contributed by atoms with Crippen LogP contribution in [0.1, 0.15) is 34.3 Å². The van der Waals surface area contributed by atoms with E-state index in [1.54, 1.807) is 18.4 Å². The van der Waals surface area contributed by atoms with Gasteiger partial charge in [-0.05, 0) is 56.2 Å². The Morgan fingerprint density at radius 1 is 1.41 bits per heavy atom. The Kier molecular flexibility index (Phi) is 8.50. The van der Waals surface area contributed by atoms with Crippen LogP contribution in [-0.4, -0.2) is 52.7 Å². The molecule has 1 unspecified atom stereocenters. The molecule has 0 aromatic carbocycles. The number of thiophene rings is 1. The van der Waals surface area contributed by atoms with E-state index in [2.05, 4.69) is 46.0 Å². The van der Waals surface area contributed by atoms with Gasteiger partial charge < -0.3 is 15.5 Å². The molecule has 3 heterocycles. The van der Waals surface area contributed by atoms with Crippen LogP contribution in [0.2, 0.25) is 0 Å². The van der Waals surface area contributed by atoms with Gasteiger partial charge in [-0.2, -0.15) is 5.10 Å². The molecule has 0 radical (unpaired) electrons. The molecule has 9 heteroatoms. The van der Waals surface area contributed by atoms with Crippen molar-refractivity contribution in [3.63, 3.8) is 0 Å². The Morgan fingerprint density at radius 3 is 2.83 bits per heavy atom. The molecule has 0 saturated carbocycles. The predicted molar refractivity (Wildman–Crippen MR) is 129 cm³/mol. The number of aryl methyl sites for hydroxylation is 2. The van der Waals surface area contributed by atoms with Gasteiger partial charge in [0.05, 0.1) is 12.2 Å². The average molecular weight is 530 g/mol. The van der Waals surface area contributed by atoms with E-state index < -0.39 is 0 Å². The van der Waals surface area contributed by atoms with Crippen molar-refractivity contribution in [3.05, 3.63) is 38.8 Å². The third-order valence-corrected chi connectivity index (χ3v) is 6.37. The van der Waals surface area contributed by atoms with Crippen LogP contribution in [0.3, 0.4) is 0 Å². The molecular formula is C20H31IN6OS. The number of fused-ring (bicyclic) bond motifs is 1. The minimum absolute atomic E-state index is 0. The van der Waals surface area contributed by atoms with Crippen LogP contribution in [0.25, 0.3) is 0 Å². The summed E-state index contributed by atoms with van der Waals surface area (Å²) in [6.45, 7) is 7.99. The summed E-state index contributed by atoms with van der Waals surface area (Å²) in [4.78, 5) is 20.2. The number of aliphatic imine (C=N–C) groups is 1. The number of nitrogens with one attached hydrogen (secondary N) is 2. The number of aromatic nitrogens is 2. The number of halogens is 1. The first-order chi connectivity index (χ1) is 13.4. The molecule has 1 aliphatic rings. The fourth-order valence-corrected chi connectivity index (χ4v) is 4.52. The number of rotatable bonds is 5. The smallest absolute Gasteiger partial charge is 0.242 e. The van der Waals surface area contributed by atoms with Crippen molar-refractivity contribution in [2.24, 2.45) is 12.0 Å². The van der Waals surface area contributed by atoms with Gasteiger partial charge in [-0.1, -0.05) is 0 Å². The van der Waals surface area contributed by atoms with E-state index in [0.717, 1.165) is 25.1 Å². The largest absolute Gasteiger partial charge is 0.354 e. The van der Waals surface area contributed by atoms with E-state index in [1.807, 2.05) is 23.6 Å². The first-order valence-electron chi connectivity index (χ1n) is 9.68. The molecule has 1 atom stereocenters. The highest BCUT2D eigenvalue weighted by Crippen LogP contribution is 2.23. The van der Waals surface area contributed by atoms with Gasteiger partial charge in [0.2, 0.25) is 5.91 Å². The summed E-state index contributed by atoms with van der Waals surface area (Å²) in [6.07, 6.45) is 1.81. The van der Waals surface area contributed by atoms with Crippen molar-refractivity contribution in [3.8, 4) is 0 Å². The number of hydrogen-bond donors (Lipinski definition) is 2. The molecule has 0 saturated heterocycles. The van der Waals surface area contributed by atoms with E-state index >= 15 is 0 Å². The fourth-order valence-electron chi connectivity index (χ4n) is 3.63. The van der Waals surface area contributed by atoms with E-state index in [1.165, 1.54) is 21.7 Å². The van der Waals surface area contributed by atoms with Gasteiger partial charge in [-0.25, -0.2) is 0 Å². The molecule has 3 rings (SSSR count). The number of guanidine groups is 1. The van der Waals surface area contributed by atoms with Crippen LogP contribution in [0.5, 0.6) is 0 Å². The molecule has 0 bridgehead atoms. The lowest BCUT2D eigenvalue weighted by atomic mass is 10.1. The van der Waals surface area contributed by atoms with Gasteiger partial charge in [0.15, 0.2) is 5.96 Å². The molecular weight excluding hydrogens is 499 g/mol. The molecule has 2 N–H and O–H groups in total. The minimum Gasteiger partial charge on any atom is -0.354 e. The Morgan fingerprint density at radius 2 is 2.17 bits per heavy atom. The molecule has 160 valence electrons. The number of hydrogen-bond acceptors (Lipinski definition) is 4. The fraction of sp³-hybridized carbons (Fsp3) is 0.550. The average Bonchev–Trinajstić information content (AvgIpc) is 3.24. The van der Waals surface area contributed by atoms with Crippen LogP contribution >= 0.6 is 35.3 Å². The monoisotopic (exact) mass is 530 g/mol. The Bertz CT molecular complexity index is 874. The summed E-state index contributed by atoms with van der Waals surface area (Å²) in [5.41, 5.74) is 4.78. The van der Waals surface area contributed by atoms with Gasteiger partial charge in [0.25, 0.3) is 0 Å². The van der Waals surface area contributed by atoms with Crippen molar-refractivity contribution in [1.29, 1.82) is 0 Å². The zero-order chi connectivity index (χ0) is 20.3. The summed E-state index contributed by atoms with van der Waals surface area (Å²) >= 11 is 1.78. The molecule has 0 fully saturated rings.